The molecule has 3 aromatic carbocycles. The van der Waals surface area contributed by atoms with Crippen molar-refractivity contribution in [1.82, 2.24) is 10.9 Å². The van der Waals surface area contributed by atoms with E-state index in [1.54, 1.807) is 44.2 Å². The third-order valence-corrected chi connectivity index (χ3v) is 4.46. The lowest BCUT2D eigenvalue weighted by Crippen LogP contribution is -2.50. The van der Waals surface area contributed by atoms with Crippen molar-refractivity contribution in [3.05, 3.63) is 71.8 Å². The molecule has 0 saturated heterocycles. The molecule has 0 aromatic heterocycles. The minimum absolute atomic E-state index is 0.481. The van der Waals surface area contributed by atoms with Crippen LogP contribution in [0, 0.1) is 0 Å². The molecule has 150 valence electrons. The molecule has 2 amide bonds. The van der Waals surface area contributed by atoms with E-state index < -0.39 is 24.0 Å². The van der Waals surface area contributed by atoms with Crippen LogP contribution in [0.5, 0.6) is 11.5 Å². The van der Waals surface area contributed by atoms with Gasteiger partial charge in [-0.15, -0.1) is 0 Å². The Balaban J connectivity index is 1.49. The Labute approximate surface area is 173 Å². The predicted octanol–water partition coefficient (Wildman–Crippen LogP) is 3.88. The van der Waals surface area contributed by atoms with Crippen molar-refractivity contribution in [3.8, 4) is 11.5 Å². The van der Waals surface area contributed by atoms with Gasteiger partial charge in [-0.05, 0) is 61.0 Å². The molecular formula is C22H21ClN2O4. The molecule has 0 bridgehead atoms. The standard InChI is InChI=1S/C22H21ClN2O4/c1-14(28-19-11-8-18(23)9-12-19)21(26)24-25-22(27)15(2)29-20-10-7-16-5-3-4-6-17(16)13-20/h3-15H,1-2H3,(H,24,26)(H,25,27). The number of halogens is 1. The molecule has 2 atom stereocenters. The van der Waals surface area contributed by atoms with E-state index in [9.17, 15) is 9.59 Å². The van der Waals surface area contributed by atoms with Crippen molar-refractivity contribution in [3.63, 3.8) is 0 Å². The van der Waals surface area contributed by atoms with Crippen molar-refractivity contribution >= 4 is 34.2 Å². The zero-order valence-electron chi connectivity index (χ0n) is 16.0. The average molecular weight is 413 g/mol. The maximum atomic E-state index is 12.2. The second kappa shape index (κ2) is 9.30. The molecule has 0 saturated carbocycles. The number of amides is 2. The highest BCUT2D eigenvalue weighted by molar-refractivity contribution is 6.30. The zero-order chi connectivity index (χ0) is 20.8. The summed E-state index contributed by atoms with van der Waals surface area (Å²) in [6, 6.07) is 20.1. The van der Waals surface area contributed by atoms with Crippen molar-refractivity contribution in [2.75, 3.05) is 0 Å². The molecule has 0 spiro atoms. The van der Waals surface area contributed by atoms with Gasteiger partial charge < -0.3 is 9.47 Å². The highest BCUT2D eigenvalue weighted by atomic mass is 35.5. The Morgan fingerprint density at radius 3 is 1.90 bits per heavy atom. The maximum absolute atomic E-state index is 12.2. The van der Waals surface area contributed by atoms with Crippen LogP contribution in [0.4, 0.5) is 0 Å². The van der Waals surface area contributed by atoms with Gasteiger partial charge in [0.25, 0.3) is 11.8 Å². The van der Waals surface area contributed by atoms with Crippen LogP contribution in [0.2, 0.25) is 5.02 Å². The van der Waals surface area contributed by atoms with Gasteiger partial charge in [0, 0.05) is 5.02 Å². The summed E-state index contributed by atoms with van der Waals surface area (Å²) < 4.78 is 11.2. The van der Waals surface area contributed by atoms with Gasteiger partial charge in [-0.25, -0.2) is 0 Å². The molecule has 0 aliphatic rings. The number of benzene rings is 3. The first-order chi connectivity index (χ1) is 13.9. The van der Waals surface area contributed by atoms with E-state index >= 15 is 0 Å². The van der Waals surface area contributed by atoms with Gasteiger partial charge in [0.2, 0.25) is 0 Å². The molecule has 0 radical (unpaired) electrons. The summed E-state index contributed by atoms with van der Waals surface area (Å²) in [5, 5.41) is 2.67. The lowest BCUT2D eigenvalue weighted by Gasteiger charge is -2.18. The summed E-state index contributed by atoms with van der Waals surface area (Å²) in [5.41, 5.74) is 4.69. The molecule has 0 aliphatic heterocycles. The van der Waals surface area contributed by atoms with Gasteiger partial charge in [0.05, 0.1) is 0 Å². The minimum atomic E-state index is -0.812. The van der Waals surface area contributed by atoms with E-state index in [2.05, 4.69) is 10.9 Å². The molecule has 2 unspecified atom stereocenters. The summed E-state index contributed by atoms with van der Waals surface area (Å²) in [7, 11) is 0. The van der Waals surface area contributed by atoms with Gasteiger partial charge in [-0.3, -0.25) is 20.4 Å². The van der Waals surface area contributed by atoms with Crippen LogP contribution < -0.4 is 20.3 Å². The van der Waals surface area contributed by atoms with Crippen molar-refractivity contribution < 1.29 is 19.1 Å². The number of rotatable bonds is 6. The zero-order valence-corrected chi connectivity index (χ0v) is 16.8. The number of fused-ring (bicyclic) bond motifs is 1. The van der Waals surface area contributed by atoms with Gasteiger partial charge in [-0.1, -0.05) is 41.9 Å². The summed E-state index contributed by atoms with van der Waals surface area (Å²) >= 11 is 5.82. The number of nitrogens with one attached hydrogen (secondary N) is 2. The first-order valence-corrected chi connectivity index (χ1v) is 9.47. The quantitative estimate of drug-likeness (QED) is 0.602. The SMILES string of the molecule is CC(Oc1ccc(Cl)cc1)C(=O)NNC(=O)C(C)Oc1ccc2ccccc2c1. The Morgan fingerprint density at radius 2 is 1.28 bits per heavy atom. The van der Waals surface area contributed by atoms with Crippen molar-refractivity contribution in [2.45, 2.75) is 26.1 Å². The topological polar surface area (TPSA) is 76.7 Å². The van der Waals surface area contributed by atoms with Crippen LogP contribution in [-0.2, 0) is 9.59 Å². The minimum Gasteiger partial charge on any atom is -0.481 e. The summed E-state index contributed by atoms with van der Waals surface area (Å²) in [6.45, 7) is 3.18. The molecule has 7 heteroatoms. The largest absolute Gasteiger partial charge is 0.481 e. The normalized spacial score (nSPS) is 12.7. The third kappa shape index (κ3) is 5.62. The molecule has 3 aromatic rings. The van der Waals surface area contributed by atoms with Crippen LogP contribution in [0.15, 0.2) is 66.7 Å². The summed E-state index contributed by atoms with van der Waals surface area (Å²) in [4.78, 5) is 24.4. The second-order valence-corrected chi connectivity index (χ2v) is 6.90. The second-order valence-electron chi connectivity index (χ2n) is 6.46. The molecule has 6 nitrogen and oxygen atoms in total. The highest BCUT2D eigenvalue weighted by Crippen LogP contribution is 2.21. The number of carbonyl (C=O) groups excluding carboxylic acids is 2. The van der Waals surface area contributed by atoms with Gasteiger partial charge in [0.1, 0.15) is 11.5 Å². The first-order valence-electron chi connectivity index (χ1n) is 9.10. The van der Waals surface area contributed by atoms with Gasteiger partial charge >= 0.3 is 0 Å². The Morgan fingerprint density at radius 1 is 0.759 bits per heavy atom. The van der Waals surface area contributed by atoms with Crippen LogP contribution >= 0.6 is 11.6 Å². The number of hydrogen-bond acceptors (Lipinski definition) is 4. The maximum Gasteiger partial charge on any atom is 0.279 e. The molecular weight excluding hydrogens is 392 g/mol. The van der Waals surface area contributed by atoms with E-state index in [0.29, 0.717) is 16.5 Å². The molecule has 0 fully saturated rings. The van der Waals surface area contributed by atoms with E-state index in [1.165, 1.54) is 0 Å². The molecule has 0 heterocycles. The summed E-state index contributed by atoms with van der Waals surface area (Å²) in [5.74, 6) is 0.0879. The first kappa shape index (κ1) is 20.5. The smallest absolute Gasteiger partial charge is 0.279 e. The average Bonchev–Trinajstić information content (AvgIpc) is 2.73. The van der Waals surface area contributed by atoms with Crippen molar-refractivity contribution in [1.29, 1.82) is 0 Å². The number of hydrogen-bond donors (Lipinski definition) is 2. The van der Waals surface area contributed by atoms with Crippen molar-refractivity contribution in [2.24, 2.45) is 0 Å². The third-order valence-electron chi connectivity index (χ3n) is 4.21. The highest BCUT2D eigenvalue weighted by Gasteiger charge is 2.19. The number of ether oxygens (including phenoxy) is 2. The van der Waals surface area contributed by atoms with E-state index in [4.69, 9.17) is 21.1 Å². The van der Waals surface area contributed by atoms with E-state index in [-0.39, 0.29) is 0 Å². The van der Waals surface area contributed by atoms with Crippen LogP contribution in [-0.4, -0.2) is 24.0 Å². The number of hydrazine groups is 1. The van der Waals surface area contributed by atoms with E-state index in [0.717, 1.165) is 10.8 Å². The molecule has 29 heavy (non-hydrogen) atoms. The fourth-order valence-electron chi connectivity index (χ4n) is 2.60. The fourth-order valence-corrected chi connectivity index (χ4v) is 2.72. The fraction of sp³-hybridized carbons (Fsp3) is 0.182. The lowest BCUT2D eigenvalue weighted by molar-refractivity contribution is -0.135. The van der Waals surface area contributed by atoms with Gasteiger partial charge in [0.15, 0.2) is 12.2 Å². The van der Waals surface area contributed by atoms with E-state index in [1.807, 2.05) is 36.4 Å². The lowest BCUT2D eigenvalue weighted by atomic mass is 10.1. The Kier molecular flexibility index (Phi) is 6.57. The van der Waals surface area contributed by atoms with Crippen LogP contribution in [0.1, 0.15) is 13.8 Å². The Hall–Kier alpha value is -3.25. The monoisotopic (exact) mass is 412 g/mol. The molecule has 2 N–H and O–H groups in total. The molecule has 3 rings (SSSR count). The van der Waals surface area contributed by atoms with Gasteiger partial charge in [-0.2, -0.15) is 0 Å². The van der Waals surface area contributed by atoms with Crippen LogP contribution in [0.3, 0.4) is 0 Å². The number of carbonyl (C=O) groups is 2. The molecule has 0 aliphatic carbocycles. The summed E-state index contributed by atoms with van der Waals surface area (Å²) in [6.07, 6.45) is -1.61. The van der Waals surface area contributed by atoms with Crippen LogP contribution in [0.25, 0.3) is 10.8 Å². The Bertz CT molecular complexity index is 1010. The predicted molar refractivity (Wildman–Crippen MR) is 112 cm³/mol.